The molecule has 0 amide bonds. The number of halogens is 3. The van der Waals surface area contributed by atoms with Gasteiger partial charge in [-0.1, -0.05) is 41.1 Å². The third-order valence-corrected chi connectivity index (χ3v) is 6.03. The van der Waals surface area contributed by atoms with Crippen molar-refractivity contribution in [3.05, 3.63) is 56.8 Å². The van der Waals surface area contributed by atoms with Gasteiger partial charge < -0.3 is 15.8 Å². The van der Waals surface area contributed by atoms with Crippen LogP contribution in [0, 0.1) is 23.1 Å². The minimum absolute atomic E-state index is 0.0970. The maximum Gasteiger partial charge on any atom is 0.166 e. The Labute approximate surface area is 178 Å². The van der Waals surface area contributed by atoms with E-state index in [9.17, 15) is 4.39 Å². The van der Waals surface area contributed by atoms with E-state index in [2.05, 4.69) is 29.1 Å². The van der Waals surface area contributed by atoms with Crippen LogP contribution in [0.15, 0.2) is 29.3 Å². The normalized spacial score (nSPS) is 25.1. The number of hydrogen-bond acceptors (Lipinski definition) is 5. The smallest absolute Gasteiger partial charge is 0.166 e. The standard InChI is InChI=1S/C21H19Cl2FN4O/c1-20(6-7-29-10-20)5-4-12-8-17-14(9-16(12)25)21(26,28-11-27-17)13-2-3-15(22)18(23)19(13)24/h2-3,8-9,11H,6-7,10,25-26H2,1H3,(H,27,28). The molecule has 0 radical (unpaired) electrons. The summed E-state index contributed by atoms with van der Waals surface area (Å²) in [6.07, 6.45) is 2.29. The van der Waals surface area contributed by atoms with Crippen LogP contribution in [0.2, 0.25) is 10.0 Å². The summed E-state index contributed by atoms with van der Waals surface area (Å²) in [4.78, 5) is 4.29. The van der Waals surface area contributed by atoms with Crippen molar-refractivity contribution in [3.8, 4) is 11.8 Å². The second-order valence-electron chi connectivity index (χ2n) is 7.49. The summed E-state index contributed by atoms with van der Waals surface area (Å²) in [6.45, 7) is 3.36. The van der Waals surface area contributed by atoms with Crippen molar-refractivity contribution in [3.63, 3.8) is 0 Å². The van der Waals surface area contributed by atoms with Gasteiger partial charge in [-0.15, -0.1) is 0 Å². The third-order valence-electron chi connectivity index (χ3n) is 5.25. The highest BCUT2D eigenvalue weighted by atomic mass is 35.5. The molecular weight excluding hydrogens is 414 g/mol. The van der Waals surface area contributed by atoms with Gasteiger partial charge in [0, 0.05) is 34.7 Å². The van der Waals surface area contributed by atoms with Crippen molar-refractivity contribution >= 4 is 40.9 Å². The summed E-state index contributed by atoms with van der Waals surface area (Å²) < 4.78 is 20.3. The number of nitrogens with one attached hydrogen (secondary N) is 1. The molecule has 1 fully saturated rings. The van der Waals surface area contributed by atoms with Crippen LogP contribution in [0.5, 0.6) is 0 Å². The highest BCUT2D eigenvalue weighted by molar-refractivity contribution is 6.42. The summed E-state index contributed by atoms with van der Waals surface area (Å²) in [5.74, 6) is 5.69. The van der Waals surface area contributed by atoms with Crippen LogP contribution in [0.25, 0.3) is 0 Å². The molecule has 2 aliphatic heterocycles. The van der Waals surface area contributed by atoms with E-state index >= 15 is 0 Å². The van der Waals surface area contributed by atoms with Gasteiger partial charge >= 0.3 is 0 Å². The van der Waals surface area contributed by atoms with Crippen LogP contribution in [-0.4, -0.2) is 19.6 Å². The minimum atomic E-state index is -1.51. The number of rotatable bonds is 1. The SMILES string of the molecule is CC1(C#Cc2cc3c(cc2N)C(N)(c2ccc(Cl)c(Cl)c2F)N=CN3)CCOC1. The zero-order chi connectivity index (χ0) is 20.8. The summed E-state index contributed by atoms with van der Waals surface area (Å²) in [5.41, 5.74) is 13.4. The molecule has 2 aromatic carbocycles. The number of ether oxygens (including phenoxy) is 1. The van der Waals surface area contributed by atoms with E-state index in [4.69, 9.17) is 39.4 Å². The molecular formula is C21H19Cl2FN4O. The van der Waals surface area contributed by atoms with Crippen LogP contribution in [0.4, 0.5) is 15.8 Å². The Morgan fingerprint density at radius 1 is 1.28 bits per heavy atom. The third kappa shape index (κ3) is 3.45. The molecule has 150 valence electrons. The lowest BCUT2D eigenvalue weighted by Gasteiger charge is -2.32. The average Bonchev–Trinajstić information content (AvgIpc) is 3.12. The summed E-state index contributed by atoms with van der Waals surface area (Å²) >= 11 is 11.9. The maximum atomic E-state index is 14.8. The average molecular weight is 433 g/mol. The number of nitrogens with zero attached hydrogens (tertiary/aromatic N) is 1. The fourth-order valence-electron chi connectivity index (χ4n) is 3.45. The van der Waals surface area contributed by atoms with E-state index in [-0.39, 0.29) is 21.0 Å². The van der Waals surface area contributed by atoms with Crippen LogP contribution in [0.3, 0.4) is 0 Å². The summed E-state index contributed by atoms with van der Waals surface area (Å²) in [6, 6.07) is 6.42. The molecule has 4 rings (SSSR count). The van der Waals surface area contributed by atoms with E-state index in [1.54, 1.807) is 12.1 Å². The molecule has 5 nitrogen and oxygen atoms in total. The minimum Gasteiger partial charge on any atom is -0.398 e. The van der Waals surface area contributed by atoms with Crippen LogP contribution < -0.4 is 16.8 Å². The number of hydrogen-bond donors (Lipinski definition) is 3. The number of aliphatic imine (C=N–C) groups is 1. The first kappa shape index (κ1) is 20.0. The molecule has 0 aliphatic carbocycles. The molecule has 2 unspecified atom stereocenters. The Kier molecular flexibility index (Phi) is 4.96. The lowest BCUT2D eigenvalue weighted by Crippen LogP contribution is -2.40. The Morgan fingerprint density at radius 3 is 2.79 bits per heavy atom. The topological polar surface area (TPSA) is 85.7 Å². The van der Waals surface area contributed by atoms with Crippen LogP contribution >= 0.6 is 23.2 Å². The second-order valence-corrected chi connectivity index (χ2v) is 8.28. The van der Waals surface area contributed by atoms with E-state index in [1.165, 1.54) is 18.5 Å². The number of nitrogens with two attached hydrogens (primary N) is 2. The first-order chi connectivity index (χ1) is 13.7. The second kappa shape index (κ2) is 7.19. The van der Waals surface area contributed by atoms with Crippen LogP contribution in [-0.2, 0) is 10.4 Å². The molecule has 2 atom stereocenters. The van der Waals surface area contributed by atoms with Crippen molar-refractivity contribution < 1.29 is 9.13 Å². The van der Waals surface area contributed by atoms with Crippen molar-refractivity contribution in [2.75, 3.05) is 24.3 Å². The van der Waals surface area contributed by atoms with Gasteiger partial charge in [0.15, 0.2) is 11.5 Å². The van der Waals surface area contributed by atoms with E-state index in [0.29, 0.717) is 35.7 Å². The highest BCUT2D eigenvalue weighted by Gasteiger charge is 2.37. The fourth-order valence-corrected chi connectivity index (χ4v) is 3.76. The molecule has 1 saturated heterocycles. The highest BCUT2D eigenvalue weighted by Crippen LogP contribution is 2.41. The van der Waals surface area contributed by atoms with Gasteiger partial charge in [0.05, 0.1) is 28.4 Å². The Morgan fingerprint density at radius 2 is 2.07 bits per heavy atom. The maximum absolute atomic E-state index is 14.8. The molecule has 29 heavy (non-hydrogen) atoms. The van der Waals surface area contributed by atoms with Gasteiger partial charge in [0.1, 0.15) is 0 Å². The summed E-state index contributed by atoms with van der Waals surface area (Å²) in [5, 5.41) is 2.94. The van der Waals surface area contributed by atoms with E-state index in [1.807, 2.05) is 0 Å². The lowest BCUT2D eigenvalue weighted by atomic mass is 9.87. The van der Waals surface area contributed by atoms with Gasteiger partial charge in [-0.25, -0.2) is 9.38 Å². The molecule has 0 saturated carbocycles. The zero-order valence-electron chi connectivity index (χ0n) is 15.7. The molecule has 2 heterocycles. The van der Waals surface area contributed by atoms with Gasteiger partial charge in [-0.05, 0) is 31.5 Å². The Hall–Kier alpha value is -2.30. The van der Waals surface area contributed by atoms with Gasteiger partial charge in [0.2, 0.25) is 0 Å². The molecule has 5 N–H and O–H groups in total. The fraction of sp³-hybridized carbons (Fsp3) is 0.286. The number of nitrogen functional groups attached to an aromatic ring is 1. The monoisotopic (exact) mass is 432 g/mol. The molecule has 8 heteroatoms. The van der Waals surface area contributed by atoms with E-state index in [0.717, 1.165) is 6.42 Å². The van der Waals surface area contributed by atoms with Crippen LogP contribution in [0.1, 0.15) is 30.0 Å². The summed E-state index contributed by atoms with van der Waals surface area (Å²) in [7, 11) is 0. The lowest BCUT2D eigenvalue weighted by molar-refractivity contribution is 0.177. The van der Waals surface area contributed by atoms with Gasteiger partial charge in [0.25, 0.3) is 0 Å². The number of benzene rings is 2. The molecule has 0 aromatic heterocycles. The Balaban J connectivity index is 1.80. The predicted octanol–water partition coefficient (Wildman–Crippen LogP) is 4.11. The molecule has 0 spiro atoms. The van der Waals surface area contributed by atoms with Gasteiger partial charge in [-0.2, -0.15) is 0 Å². The Bertz CT molecular complexity index is 1090. The largest absolute Gasteiger partial charge is 0.398 e. The molecule has 2 aromatic rings. The first-order valence-corrected chi connectivity index (χ1v) is 9.77. The first-order valence-electron chi connectivity index (χ1n) is 9.01. The number of anilines is 2. The van der Waals surface area contributed by atoms with Crippen molar-refractivity contribution in [2.24, 2.45) is 16.1 Å². The van der Waals surface area contributed by atoms with Crippen molar-refractivity contribution in [2.45, 2.75) is 19.0 Å². The van der Waals surface area contributed by atoms with Gasteiger partial charge in [-0.3, -0.25) is 5.73 Å². The quantitative estimate of drug-likeness (QED) is 0.359. The number of fused-ring (bicyclic) bond motifs is 1. The molecule has 0 bridgehead atoms. The van der Waals surface area contributed by atoms with E-state index < -0.39 is 11.5 Å². The zero-order valence-corrected chi connectivity index (χ0v) is 17.2. The van der Waals surface area contributed by atoms with Crippen molar-refractivity contribution in [1.29, 1.82) is 0 Å². The predicted molar refractivity (Wildman–Crippen MR) is 115 cm³/mol. The molecule has 2 aliphatic rings. The van der Waals surface area contributed by atoms with Crippen molar-refractivity contribution in [1.82, 2.24) is 0 Å².